The van der Waals surface area contributed by atoms with Crippen LogP contribution in [0.25, 0.3) is 33.9 Å². The van der Waals surface area contributed by atoms with Crippen LogP contribution in [0.5, 0.6) is 0 Å². The number of non-ortho nitro benzene ring substituents is 1. The fraction of sp³-hybridized carbons (Fsp3) is 0.0769. The molecule has 2 heterocycles. The van der Waals surface area contributed by atoms with Crippen LogP contribution in [-0.4, -0.2) is 15.8 Å². The number of hydrogen-bond donors (Lipinski definition) is 1. The number of carbonyl (C=O) groups excluding carboxylic acids is 1. The lowest BCUT2D eigenvalue weighted by Crippen LogP contribution is -2.10. The minimum atomic E-state index is -0.479. The van der Waals surface area contributed by atoms with Crippen molar-refractivity contribution in [3.8, 4) is 22.8 Å². The van der Waals surface area contributed by atoms with Gasteiger partial charge in [-0.1, -0.05) is 12.1 Å². The summed E-state index contributed by atoms with van der Waals surface area (Å²) in [5.41, 5.74) is 5.64. The molecule has 8 heteroatoms. The molecule has 0 saturated carbocycles. The first kappa shape index (κ1) is 21.1. The van der Waals surface area contributed by atoms with Crippen LogP contribution in [0.2, 0.25) is 0 Å². The lowest BCUT2D eigenvalue weighted by atomic mass is 10.1. The first-order valence-corrected chi connectivity index (χ1v) is 10.5. The van der Waals surface area contributed by atoms with Crippen LogP contribution in [0.4, 0.5) is 11.4 Å². The van der Waals surface area contributed by atoms with E-state index in [-0.39, 0.29) is 11.4 Å². The van der Waals surface area contributed by atoms with Crippen molar-refractivity contribution < 1.29 is 18.6 Å². The van der Waals surface area contributed by atoms with Gasteiger partial charge in [-0.15, -0.1) is 0 Å². The highest BCUT2D eigenvalue weighted by molar-refractivity contribution is 6.02. The minimum Gasteiger partial charge on any atom is -0.451 e. The molecule has 0 spiro atoms. The Labute approximate surface area is 194 Å². The molecule has 1 N–H and O–H groups in total. The molecule has 0 radical (unpaired) electrons. The molecule has 0 aliphatic heterocycles. The normalized spacial score (nSPS) is 11.0. The van der Waals surface area contributed by atoms with Gasteiger partial charge in [-0.25, -0.2) is 4.98 Å². The largest absolute Gasteiger partial charge is 0.451 e. The van der Waals surface area contributed by atoms with Crippen molar-refractivity contribution in [3.63, 3.8) is 0 Å². The summed E-state index contributed by atoms with van der Waals surface area (Å²) in [4.78, 5) is 27.7. The molecule has 0 aliphatic rings. The molecule has 0 unspecified atom stereocenters. The van der Waals surface area contributed by atoms with Crippen LogP contribution in [0.3, 0.4) is 0 Å². The molecule has 0 bridgehead atoms. The highest BCUT2D eigenvalue weighted by atomic mass is 16.6. The number of nitro benzene ring substituents is 1. The number of carbonyl (C=O) groups is 1. The van der Waals surface area contributed by atoms with Crippen LogP contribution < -0.4 is 5.32 Å². The Bertz CT molecular complexity index is 1510. The zero-order chi connectivity index (χ0) is 23.8. The van der Waals surface area contributed by atoms with Gasteiger partial charge in [0, 0.05) is 28.9 Å². The minimum absolute atomic E-state index is 0.0517. The van der Waals surface area contributed by atoms with Crippen molar-refractivity contribution in [2.24, 2.45) is 0 Å². The molecular formula is C26H19N3O5. The Morgan fingerprint density at radius 3 is 2.44 bits per heavy atom. The summed E-state index contributed by atoms with van der Waals surface area (Å²) in [6.07, 6.45) is 0. The Kier molecular flexibility index (Phi) is 5.18. The molecule has 1 amide bonds. The Hall–Kier alpha value is -4.72. The number of hydrogen-bond acceptors (Lipinski definition) is 6. The SMILES string of the molecule is Cc1cc2nc(-c3ccc(NC(=O)c4ccc(-c5cccc([N+](=O)[O-])c5)o4)cc3)oc2cc1C. The maximum Gasteiger partial charge on any atom is 0.291 e. The Morgan fingerprint density at radius 2 is 1.68 bits per heavy atom. The highest BCUT2D eigenvalue weighted by Crippen LogP contribution is 2.28. The van der Waals surface area contributed by atoms with Crippen LogP contribution in [0, 0.1) is 24.0 Å². The number of amides is 1. The molecule has 0 aliphatic carbocycles. The van der Waals surface area contributed by atoms with Crippen molar-refractivity contribution in [2.75, 3.05) is 5.32 Å². The third kappa shape index (κ3) is 4.04. The number of oxazole rings is 1. The third-order valence-electron chi connectivity index (χ3n) is 5.56. The number of anilines is 1. The smallest absolute Gasteiger partial charge is 0.291 e. The molecule has 0 fully saturated rings. The number of aryl methyl sites for hydroxylation is 2. The van der Waals surface area contributed by atoms with Gasteiger partial charge in [0.25, 0.3) is 11.6 Å². The number of furan rings is 1. The standard InChI is InChI=1S/C26H19N3O5/c1-15-12-21-24(13-16(15)2)34-26(28-21)17-6-8-19(9-7-17)27-25(30)23-11-10-22(33-23)18-4-3-5-20(14-18)29(31)32/h3-14H,1-2H3,(H,27,30). The number of nitrogens with zero attached hydrogens (tertiary/aromatic N) is 2. The van der Waals surface area contributed by atoms with Crippen molar-refractivity contribution in [1.82, 2.24) is 4.98 Å². The summed E-state index contributed by atoms with van der Waals surface area (Å²) in [5.74, 6) is 0.531. The second-order valence-electron chi connectivity index (χ2n) is 7.93. The Morgan fingerprint density at radius 1 is 0.912 bits per heavy atom. The lowest BCUT2D eigenvalue weighted by Gasteiger charge is -2.04. The van der Waals surface area contributed by atoms with Crippen molar-refractivity contribution >= 4 is 28.4 Å². The van der Waals surface area contributed by atoms with Gasteiger partial charge in [-0.2, -0.15) is 0 Å². The molecule has 34 heavy (non-hydrogen) atoms. The fourth-order valence-electron chi connectivity index (χ4n) is 3.58. The van der Waals surface area contributed by atoms with Crippen molar-refractivity contribution in [1.29, 1.82) is 0 Å². The molecular weight excluding hydrogens is 434 g/mol. The van der Waals surface area contributed by atoms with Crippen LogP contribution in [-0.2, 0) is 0 Å². The molecule has 0 atom stereocenters. The molecule has 168 valence electrons. The second-order valence-corrected chi connectivity index (χ2v) is 7.93. The summed E-state index contributed by atoms with van der Waals surface area (Å²) in [6.45, 7) is 4.06. The zero-order valence-electron chi connectivity index (χ0n) is 18.4. The van der Waals surface area contributed by atoms with Gasteiger partial charge in [0.1, 0.15) is 11.3 Å². The number of rotatable bonds is 5. The predicted octanol–water partition coefficient (Wildman–Crippen LogP) is 6.53. The molecule has 3 aromatic carbocycles. The lowest BCUT2D eigenvalue weighted by molar-refractivity contribution is -0.384. The predicted molar refractivity (Wildman–Crippen MR) is 128 cm³/mol. The van der Waals surface area contributed by atoms with Gasteiger partial charge in [-0.05, 0) is 73.5 Å². The summed E-state index contributed by atoms with van der Waals surface area (Å²) in [6, 6.07) is 20.3. The van der Waals surface area contributed by atoms with Gasteiger partial charge < -0.3 is 14.2 Å². The van der Waals surface area contributed by atoms with E-state index in [4.69, 9.17) is 8.83 Å². The fourth-order valence-corrected chi connectivity index (χ4v) is 3.58. The molecule has 5 rings (SSSR count). The van der Waals surface area contributed by atoms with Gasteiger partial charge in [0.2, 0.25) is 5.89 Å². The van der Waals surface area contributed by atoms with E-state index in [1.165, 1.54) is 18.2 Å². The van der Waals surface area contributed by atoms with Crippen molar-refractivity contribution in [2.45, 2.75) is 13.8 Å². The number of benzene rings is 3. The summed E-state index contributed by atoms with van der Waals surface area (Å²) in [5, 5.41) is 13.8. The third-order valence-corrected chi connectivity index (χ3v) is 5.56. The zero-order valence-corrected chi connectivity index (χ0v) is 18.4. The molecule has 2 aromatic heterocycles. The molecule has 8 nitrogen and oxygen atoms in total. The second kappa shape index (κ2) is 8.32. The van der Waals surface area contributed by atoms with Gasteiger partial charge in [-0.3, -0.25) is 14.9 Å². The monoisotopic (exact) mass is 453 g/mol. The van der Waals surface area contributed by atoms with Crippen LogP contribution >= 0.6 is 0 Å². The quantitative estimate of drug-likeness (QED) is 0.239. The first-order chi connectivity index (χ1) is 16.4. The number of aromatic nitrogens is 1. The average molecular weight is 453 g/mol. The van der Waals surface area contributed by atoms with E-state index in [1.54, 1.807) is 30.3 Å². The topological polar surface area (TPSA) is 111 Å². The maximum atomic E-state index is 12.6. The molecule has 0 saturated heterocycles. The van der Waals surface area contributed by atoms with Gasteiger partial charge in [0.15, 0.2) is 11.3 Å². The Balaban J connectivity index is 1.31. The first-order valence-electron chi connectivity index (χ1n) is 10.5. The van der Waals surface area contributed by atoms with E-state index in [2.05, 4.69) is 10.3 Å². The van der Waals surface area contributed by atoms with E-state index < -0.39 is 10.8 Å². The highest BCUT2D eigenvalue weighted by Gasteiger charge is 2.15. The number of nitro groups is 1. The van der Waals surface area contributed by atoms with E-state index >= 15 is 0 Å². The van der Waals surface area contributed by atoms with Crippen molar-refractivity contribution in [3.05, 3.63) is 99.8 Å². The van der Waals surface area contributed by atoms with Gasteiger partial charge >= 0.3 is 0 Å². The van der Waals surface area contributed by atoms with E-state index in [9.17, 15) is 14.9 Å². The van der Waals surface area contributed by atoms with E-state index in [1.807, 2.05) is 38.1 Å². The van der Waals surface area contributed by atoms with E-state index in [0.717, 1.165) is 27.8 Å². The van der Waals surface area contributed by atoms with Gasteiger partial charge in [0.05, 0.1) is 4.92 Å². The number of nitrogens with one attached hydrogen (secondary N) is 1. The summed E-state index contributed by atoms with van der Waals surface area (Å²) >= 11 is 0. The van der Waals surface area contributed by atoms with Crippen LogP contribution in [0.1, 0.15) is 21.7 Å². The average Bonchev–Trinajstić information content (AvgIpc) is 3.48. The summed E-state index contributed by atoms with van der Waals surface area (Å²) in [7, 11) is 0. The molecule has 5 aromatic rings. The van der Waals surface area contributed by atoms with Crippen LogP contribution in [0.15, 0.2) is 81.6 Å². The number of fused-ring (bicyclic) bond motifs is 1. The van der Waals surface area contributed by atoms with E-state index in [0.29, 0.717) is 22.9 Å². The maximum absolute atomic E-state index is 12.6. The summed E-state index contributed by atoms with van der Waals surface area (Å²) < 4.78 is 11.5.